The van der Waals surface area contributed by atoms with E-state index in [1.807, 2.05) is 0 Å². The van der Waals surface area contributed by atoms with Gasteiger partial charge in [0.15, 0.2) is 0 Å². The van der Waals surface area contributed by atoms with Crippen molar-refractivity contribution in [2.45, 2.75) is 19.3 Å². The van der Waals surface area contributed by atoms with Crippen LogP contribution in [0.2, 0.25) is 0 Å². The van der Waals surface area contributed by atoms with Crippen LogP contribution in [0, 0.1) is 11.3 Å². The fourth-order valence-corrected chi connectivity index (χ4v) is 3.36. The van der Waals surface area contributed by atoms with Crippen molar-refractivity contribution >= 4 is 0 Å². The molecule has 0 aliphatic carbocycles. The van der Waals surface area contributed by atoms with Crippen molar-refractivity contribution in [3.63, 3.8) is 0 Å². The van der Waals surface area contributed by atoms with E-state index in [1.54, 1.807) is 0 Å². The Morgan fingerprint density at radius 1 is 1.24 bits per heavy atom. The molecule has 1 N–H and O–H groups in total. The standard InChI is InChI=1S/C15H21NO/c1-2-4-13(5-3-1)10-14-11-16-8-6-15(14)7-9-17-12-15/h1-5,14,16H,6-12H2. The molecule has 2 nitrogen and oxygen atoms in total. The predicted molar refractivity (Wildman–Crippen MR) is 69.0 cm³/mol. The van der Waals surface area contributed by atoms with Crippen LogP contribution in [0.25, 0.3) is 0 Å². The van der Waals surface area contributed by atoms with Crippen LogP contribution in [-0.2, 0) is 11.2 Å². The van der Waals surface area contributed by atoms with E-state index >= 15 is 0 Å². The lowest BCUT2D eigenvalue weighted by atomic mass is 9.68. The van der Waals surface area contributed by atoms with Crippen molar-refractivity contribution in [3.05, 3.63) is 35.9 Å². The number of rotatable bonds is 2. The minimum absolute atomic E-state index is 0.459. The van der Waals surface area contributed by atoms with Gasteiger partial charge in [0.25, 0.3) is 0 Å². The van der Waals surface area contributed by atoms with Gasteiger partial charge < -0.3 is 10.1 Å². The summed E-state index contributed by atoms with van der Waals surface area (Å²) in [6.45, 7) is 4.25. The van der Waals surface area contributed by atoms with E-state index in [9.17, 15) is 0 Å². The molecule has 92 valence electrons. The van der Waals surface area contributed by atoms with Gasteiger partial charge in [-0.3, -0.25) is 0 Å². The van der Waals surface area contributed by atoms with E-state index < -0.39 is 0 Å². The van der Waals surface area contributed by atoms with Crippen molar-refractivity contribution in [1.29, 1.82) is 0 Å². The first-order valence-corrected chi connectivity index (χ1v) is 6.71. The van der Waals surface area contributed by atoms with Gasteiger partial charge in [-0.05, 0) is 43.8 Å². The first kappa shape index (κ1) is 11.2. The monoisotopic (exact) mass is 231 g/mol. The van der Waals surface area contributed by atoms with Crippen LogP contribution < -0.4 is 5.32 Å². The molecule has 0 bridgehead atoms. The molecule has 3 rings (SSSR count). The number of ether oxygens (including phenoxy) is 1. The van der Waals surface area contributed by atoms with E-state index in [2.05, 4.69) is 35.6 Å². The molecule has 2 heterocycles. The highest BCUT2D eigenvalue weighted by Crippen LogP contribution is 2.42. The summed E-state index contributed by atoms with van der Waals surface area (Å²) < 4.78 is 5.68. The molecule has 2 aliphatic heterocycles. The molecular weight excluding hydrogens is 210 g/mol. The molecule has 2 fully saturated rings. The van der Waals surface area contributed by atoms with Crippen molar-refractivity contribution in [2.24, 2.45) is 11.3 Å². The third-order valence-electron chi connectivity index (χ3n) is 4.52. The maximum absolute atomic E-state index is 5.68. The summed E-state index contributed by atoms with van der Waals surface area (Å²) in [5.41, 5.74) is 1.92. The average molecular weight is 231 g/mol. The Morgan fingerprint density at radius 2 is 2.12 bits per heavy atom. The van der Waals surface area contributed by atoms with Crippen LogP contribution in [0.3, 0.4) is 0 Å². The summed E-state index contributed by atoms with van der Waals surface area (Å²) in [5.74, 6) is 0.737. The lowest BCUT2D eigenvalue weighted by Crippen LogP contribution is -2.46. The SMILES string of the molecule is c1ccc(CC2CNCCC23CCOC3)cc1. The molecule has 2 unspecified atom stereocenters. The highest BCUT2D eigenvalue weighted by molar-refractivity contribution is 5.16. The zero-order valence-electron chi connectivity index (χ0n) is 10.3. The van der Waals surface area contributed by atoms with Crippen LogP contribution in [0.15, 0.2) is 30.3 Å². The van der Waals surface area contributed by atoms with E-state index in [0.29, 0.717) is 5.41 Å². The average Bonchev–Trinajstić information content (AvgIpc) is 2.83. The molecule has 1 spiro atoms. The highest BCUT2D eigenvalue weighted by Gasteiger charge is 2.43. The Morgan fingerprint density at radius 3 is 2.88 bits per heavy atom. The third-order valence-corrected chi connectivity index (χ3v) is 4.52. The summed E-state index contributed by atoms with van der Waals surface area (Å²) >= 11 is 0. The molecule has 0 radical (unpaired) electrons. The molecule has 0 saturated carbocycles. The molecule has 2 saturated heterocycles. The summed E-state index contributed by atoms with van der Waals surface area (Å²) in [4.78, 5) is 0. The second kappa shape index (κ2) is 4.79. The molecular formula is C15H21NO. The van der Waals surface area contributed by atoms with Gasteiger partial charge in [-0.2, -0.15) is 0 Å². The molecule has 2 aliphatic rings. The number of benzene rings is 1. The smallest absolute Gasteiger partial charge is 0.0527 e. The number of nitrogens with one attached hydrogen (secondary N) is 1. The van der Waals surface area contributed by atoms with Crippen molar-refractivity contribution in [3.8, 4) is 0 Å². The fraction of sp³-hybridized carbons (Fsp3) is 0.600. The van der Waals surface area contributed by atoms with Gasteiger partial charge in [-0.25, -0.2) is 0 Å². The number of piperidine rings is 1. The van der Waals surface area contributed by atoms with E-state index in [0.717, 1.165) is 32.2 Å². The number of hydrogen-bond acceptors (Lipinski definition) is 2. The maximum atomic E-state index is 5.68. The Balaban J connectivity index is 1.76. The van der Waals surface area contributed by atoms with E-state index in [4.69, 9.17) is 4.74 Å². The summed E-state index contributed by atoms with van der Waals surface area (Å²) in [7, 11) is 0. The van der Waals surface area contributed by atoms with Crippen LogP contribution in [0.4, 0.5) is 0 Å². The first-order valence-electron chi connectivity index (χ1n) is 6.71. The Hall–Kier alpha value is -0.860. The van der Waals surface area contributed by atoms with Crippen molar-refractivity contribution in [1.82, 2.24) is 5.32 Å². The van der Waals surface area contributed by atoms with Gasteiger partial charge in [0.05, 0.1) is 6.61 Å². The molecule has 0 aromatic heterocycles. The highest BCUT2D eigenvalue weighted by atomic mass is 16.5. The van der Waals surface area contributed by atoms with Crippen LogP contribution in [0.1, 0.15) is 18.4 Å². The van der Waals surface area contributed by atoms with Crippen LogP contribution in [-0.4, -0.2) is 26.3 Å². The predicted octanol–water partition coefficient (Wildman–Crippen LogP) is 2.25. The van der Waals surface area contributed by atoms with Gasteiger partial charge in [0.2, 0.25) is 0 Å². The normalized spacial score (nSPS) is 33.1. The molecule has 2 heteroatoms. The third kappa shape index (κ3) is 2.24. The van der Waals surface area contributed by atoms with Crippen molar-refractivity contribution in [2.75, 3.05) is 26.3 Å². The second-order valence-electron chi connectivity index (χ2n) is 5.51. The minimum atomic E-state index is 0.459. The Bertz CT molecular complexity index is 356. The van der Waals surface area contributed by atoms with Gasteiger partial charge in [-0.1, -0.05) is 30.3 Å². The zero-order chi connectivity index (χ0) is 11.6. The van der Waals surface area contributed by atoms with Gasteiger partial charge in [0.1, 0.15) is 0 Å². The number of hydrogen-bond donors (Lipinski definition) is 1. The van der Waals surface area contributed by atoms with E-state index in [-0.39, 0.29) is 0 Å². The fourth-order valence-electron chi connectivity index (χ4n) is 3.36. The quantitative estimate of drug-likeness (QED) is 0.843. The summed E-state index contributed by atoms with van der Waals surface area (Å²) in [6, 6.07) is 10.9. The lowest BCUT2D eigenvalue weighted by molar-refractivity contribution is 0.0768. The molecule has 1 aromatic rings. The van der Waals surface area contributed by atoms with Gasteiger partial charge in [-0.15, -0.1) is 0 Å². The molecule has 2 atom stereocenters. The van der Waals surface area contributed by atoms with E-state index in [1.165, 1.54) is 24.8 Å². The maximum Gasteiger partial charge on any atom is 0.0527 e. The Kier molecular flexibility index (Phi) is 3.17. The van der Waals surface area contributed by atoms with Gasteiger partial charge >= 0.3 is 0 Å². The zero-order valence-corrected chi connectivity index (χ0v) is 10.3. The minimum Gasteiger partial charge on any atom is -0.381 e. The van der Waals surface area contributed by atoms with Crippen molar-refractivity contribution < 1.29 is 4.74 Å². The second-order valence-corrected chi connectivity index (χ2v) is 5.51. The molecule has 0 amide bonds. The van der Waals surface area contributed by atoms with Crippen LogP contribution in [0.5, 0.6) is 0 Å². The van der Waals surface area contributed by atoms with Crippen LogP contribution >= 0.6 is 0 Å². The lowest BCUT2D eigenvalue weighted by Gasteiger charge is -2.41. The summed E-state index contributed by atoms with van der Waals surface area (Å²) in [6.07, 6.45) is 3.73. The largest absolute Gasteiger partial charge is 0.381 e. The summed E-state index contributed by atoms with van der Waals surface area (Å²) in [5, 5.41) is 3.55. The Labute approximate surface area is 103 Å². The molecule has 17 heavy (non-hydrogen) atoms. The topological polar surface area (TPSA) is 21.3 Å². The molecule has 1 aromatic carbocycles. The first-order chi connectivity index (χ1) is 8.39. The van der Waals surface area contributed by atoms with Gasteiger partial charge in [0, 0.05) is 12.0 Å².